The van der Waals surface area contributed by atoms with Gasteiger partial charge in [0.15, 0.2) is 0 Å². The van der Waals surface area contributed by atoms with Gasteiger partial charge in [-0.3, -0.25) is 0 Å². The Morgan fingerprint density at radius 2 is 1.58 bits per heavy atom. The third-order valence-corrected chi connectivity index (χ3v) is 58.6. The summed E-state index contributed by atoms with van der Waals surface area (Å²) in [6.45, 7) is 3.45. The molecule has 0 aromatic carbocycles. The summed E-state index contributed by atoms with van der Waals surface area (Å²) < 4.78 is 0.601. The minimum absolute atomic E-state index is 0.181. The van der Waals surface area contributed by atoms with Crippen molar-refractivity contribution in [2.45, 2.75) is 67.0 Å². The standard InChI is InChI=1S/C10H14NO2.C5H5.Fe/c1-3-10(11(12)13)8(2)9-6-4-5-7-9;1-2-4-5-3-1;/h4-7,10,12-13H,2-3H2,1H3;1-5H;. The van der Waals surface area contributed by atoms with Gasteiger partial charge in [0.1, 0.15) is 0 Å². The number of rotatable bonds is 4. The molecule has 0 radical (unpaired) electrons. The van der Waals surface area contributed by atoms with Gasteiger partial charge in [0.25, 0.3) is 0 Å². The van der Waals surface area contributed by atoms with E-state index >= 15 is 0 Å². The summed E-state index contributed by atoms with van der Waals surface area (Å²) in [5.74, 6) is 0. The van der Waals surface area contributed by atoms with Gasteiger partial charge in [0.2, 0.25) is 0 Å². The van der Waals surface area contributed by atoms with Crippen LogP contribution in [0, 0.1) is 0 Å². The molecule has 10 saturated heterocycles. The minimum atomic E-state index is -3.13. The van der Waals surface area contributed by atoms with Crippen LogP contribution < -0.4 is 0 Å². The Hall–Kier alpha value is 0.139. The van der Waals surface area contributed by atoms with Crippen molar-refractivity contribution in [1.29, 1.82) is 0 Å². The summed E-state index contributed by atoms with van der Waals surface area (Å²) in [6.07, 6.45) is 0.796. The van der Waals surface area contributed by atoms with Gasteiger partial charge in [-0.25, -0.2) is 0 Å². The van der Waals surface area contributed by atoms with Gasteiger partial charge in [-0.1, -0.05) is 0 Å². The molecule has 10 aliphatic rings. The number of fused-ring (bicyclic) bond motifs is 10. The van der Waals surface area contributed by atoms with Crippen molar-refractivity contribution in [2.75, 3.05) is 0 Å². The fourth-order valence-corrected chi connectivity index (χ4v) is 92.4. The third kappa shape index (κ3) is 0.0900. The van der Waals surface area contributed by atoms with Crippen LogP contribution in [0.4, 0.5) is 0 Å². The van der Waals surface area contributed by atoms with Crippen LogP contribution in [0.15, 0.2) is 12.2 Å². The van der Waals surface area contributed by atoms with E-state index in [1.807, 2.05) is 0 Å². The van der Waals surface area contributed by atoms with E-state index in [9.17, 15) is 10.4 Å². The first kappa shape index (κ1) is 7.95. The molecule has 0 aromatic rings. The molecule has 10 fully saturated rings. The van der Waals surface area contributed by atoms with Crippen LogP contribution in [0.25, 0.3) is 0 Å². The summed E-state index contributed by atoms with van der Waals surface area (Å²) in [4.78, 5) is 11.3. The summed E-state index contributed by atoms with van der Waals surface area (Å²) in [5, 5.41) is 19.7. The van der Waals surface area contributed by atoms with Gasteiger partial charge in [-0.15, -0.1) is 0 Å². The van der Waals surface area contributed by atoms with E-state index < -0.39 is 6.51 Å². The predicted octanol–water partition coefficient (Wildman–Crippen LogP) is 4.16. The van der Waals surface area contributed by atoms with E-state index in [-0.39, 0.29) is 6.04 Å². The SMILES string of the molecule is C=C(C(CC)N(O)O)[C]12[CH]3[CH]4[CH]5[CH]1[Fe]45321678[CH]2[CH]1[CH]6[CH]7[CH]28. The zero-order chi connectivity index (χ0) is 12.5. The Balaban J connectivity index is 1.42. The van der Waals surface area contributed by atoms with Gasteiger partial charge in [0.05, 0.1) is 0 Å². The van der Waals surface area contributed by atoms with Gasteiger partial charge in [-0.05, 0) is 0 Å². The summed E-state index contributed by atoms with van der Waals surface area (Å²) in [7, 11) is 0. The van der Waals surface area contributed by atoms with Gasteiger partial charge in [0, 0.05) is 0 Å². The number of hydroxylamine groups is 2. The molecule has 19 heavy (non-hydrogen) atoms. The molecule has 5 unspecified atom stereocenters. The molecule has 3 nitrogen and oxygen atoms in total. The van der Waals surface area contributed by atoms with E-state index in [0.29, 0.717) is 9.54 Å². The van der Waals surface area contributed by atoms with E-state index in [4.69, 9.17) is 0 Å². The van der Waals surface area contributed by atoms with Crippen LogP contribution in [-0.4, -0.2) is 21.7 Å². The number of hydrogen-bond acceptors (Lipinski definition) is 3. The van der Waals surface area contributed by atoms with Crippen LogP contribution in [-0.2, 0) is 6.51 Å². The molecule has 0 aliphatic carbocycles. The molecule has 10 aliphatic heterocycles. The molecule has 0 aromatic heterocycles. The van der Waals surface area contributed by atoms with Gasteiger partial charge in [-0.2, -0.15) is 0 Å². The zero-order valence-corrected chi connectivity index (χ0v) is 12.0. The Morgan fingerprint density at radius 3 is 1.79 bits per heavy atom. The molecule has 104 valence electrons. The number of nitrogens with zero attached hydrogens (tertiary/aromatic N) is 1. The maximum atomic E-state index is 9.62. The third-order valence-electron chi connectivity index (χ3n) is 16.2. The molecular formula is C15H19FeNO2. The fourth-order valence-electron chi connectivity index (χ4n) is 17.9. The first-order chi connectivity index (χ1) is 8.85. The molecule has 10 rings (SSSR count). The Morgan fingerprint density at radius 1 is 1.11 bits per heavy atom. The molecule has 1 spiro atoms. The maximum absolute atomic E-state index is 9.62. The van der Waals surface area contributed by atoms with Crippen molar-refractivity contribution in [3.8, 4) is 0 Å². The van der Waals surface area contributed by atoms with Crippen LogP contribution in [0.5, 0.6) is 0 Å². The topological polar surface area (TPSA) is 43.7 Å². The van der Waals surface area contributed by atoms with Crippen LogP contribution in [0.1, 0.15) is 13.3 Å². The Bertz CT molecular complexity index is 963. The Labute approximate surface area is 101 Å². The summed E-state index contributed by atoms with van der Waals surface area (Å²) >= 11 is 0. The average molecular weight is 301 g/mol. The van der Waals surface area contributed by atoms with Crippen molar-refractivity contribution in [3.63, 3.8) is 0 Å². The van der Waals surface area contributed by atoms with Crippen molar-refractivity contribution < 1.29 is 16.9 Å². The second-order valence-electron chi connectivity index (χ2n) is 11.4. The first-order valence-electron chi connectivity index (χ1n) is 7.92. The molecular weight excluding hydrogens is 282 g/mol. The molecule has 5 atom stereocenters. The van der Waals surface area contributed by atoms with Gasteiger partial charge >= 0.3 is 101 Å². The van der Waals surface area contributed by atoms with E-state index in [0.717, 1.165) is 16.1 Å². The molecule has 2 N–H and O–H groups in total. The van der Waals surface area contributed by atoms with E-state index in [2.05, 4.69) is 13.5 Å². The van der Waals surface area contributed by atoms with Crippen molar-refractivity contribution in [3.05, 3.63) is 12.2 Å². The second-order valence-corrected chi connectivity index (χ2v) is 35.0. The molecule has 4 heteroatoms. The quantitative estimate of drug-likeness (QED) is 0.465. The monoisotopic (exact) mass is 301 g/mol. The molecule has 0 bridgehead atoms. The second kappa shape index (κ2) is 0.686. The van der Waals surface area contributed by atoms with Gasteiger partial charge < -0.3 is 0 Å². The zero-order valence-electron chi connectivity index (χ0n) is 10.9. The van der Waals surface area contributed by atoms with E-state index in [1.165, 1.54) is 39.3 Å². The predicted molar refractivity (Wildman–Crippen MR) is 65.1 cm³/mol. The average Bonchev–Trinajstić information content (AvgIpc) is 3.32. The molecule has 0 saturated carbocycles. The van der Waals surface area contributed by atoms with Crippen molar-refractivity contribution >= 4 is 0 Å². The number of hydrogen-bond donors (Lipinski definition) is 2. The van der Waals surface area contributed by atoms with Crippen LogP contribution >= 0.6 is 0 Å². The fraction of sp³-hybridized carbons (Fsp3) is 0.867. The molecule has 0 amide bonds. The normalized spacial score (nSPS) is 110. The van der Waals surface area contributed by atoms with Crippen molar-refractivity contribution in [2.24, 2.45) is 0 Å². The van der Waals surface area contributed by atoms with Crippen molar-refractivity contribution in [1.82, 2.24) is 5.23 Å². The first-order valence-corrected chi connectivity index (χ1v) is 14.2. The van der Waals surface area contributed by atoms with Crippen LogP contribution in [0.3, 0.4) is 0 Å². The Kier molecular flexibility index (Phi) is 0.287. The summed E-state index contributed by atoms with van der Waals surface area (Å²) in [5.41, 5.74) is 1.31. The summed E-state index contributed by atoms with van der Waals surface area (Å²) in [6, 6.07) is -0.181. The van der Waals surface area contributed by atoms with Crippen LogP contribution in [0.2, 0.25) is 47.7 Å². The van der Waals surface area contributed by atoms with E-state index in [1.54, 1.807) is 0 Å². The molecule has 10 heterocycles.